The second-order valence-electron chi connectivity index (χ2n) is 3.45. The summed E-state index contributed by atoms with van der Waals surface area (Å²) in [5.41, 5.74) is 1.34. The molecule has 80 valence electrons. The molecule has 0 fully saturated rings. The quantitative estimate of drug-likeness (QED) is 0.751. The maximum atomic E-state index is 5.03. The van der Waals surface area contributed by atoms with Crippen LogP contribution in [-0.2, 0) is 11.3 Å². The van der Waals surface area contributed by atoms with Crippen molar-refractivity contribution >= 4 is 0 Å². The van der Waals surface area contributed by atoms with Gasteiger partial charge in [-0.25, -0.2) is 0 Å². The van der Waals surface area contributed by atoms with E-state index in [9.17, 15) is 0 Å². The van der Waals surface area contributed by atoms with E-state index in [1.165, 1.54) is 5.56 Å². The summed E-state index contributed by atoms with van der Waals surface area (Å²) in [4.78, 5) is 0. The minimum atomic E-state index is 0.434. The molecule has 0 bridgehead atoms. The summed E-state index contributed by atoms with van der Waals surface area (Å²) in [6, 6.07) is 2.59. The fraction of sp³-hybridized carbons (Fsp3) is 0.636. The third-order valence-corrected chi connectivity index (χ3v) is 2.34. The number of aromatic nitrogens is 1. The zero-order valence-corrected chi connectivity index (χ0v) is 9.29. The van der Waals surface area contributed by atoms with Gasteiger partial charge in [0.05, 0.1) is 6.61 Å². The van der Waals surface area contributed by atoms with E-state index in [2.05, 4.69) is 42.2 Å². The van der Waals surface area contributed by atoms with E-state index in [0.29, 0.717) is 6.04 Å². The Morgan fingerprint density at radius 1 is 1.57 bits per heavy atom. The van der Waals surface area contributed by atoms with Crippen molar-refractivity contribution < 1.29 is 4.74 Å². The second-order valence-corrected chi connectivity index (χ2v) is 3.45. The number of ether oxygens (including phenoxy) is 1. The molecular weight excluding hydrogens is 176 g/mol. The molecule has 0 saturated heterocycles. The number of nitrogens with one attached hydrogen (secondary N) is 1. The maximum absolute atomic E-state index is 5.03. The van der Waals surface area contributed by atoms with Crippen molar-refractivity contribution in [3.63, 3.8) is 0 Å². The van der Waals surface area contributed by atoms with E-state index in [4.69, 9.17) is 4.74 Å². The van der Waals surface area contributed by atoms with Crippen LogP contribution in [0.1, 0.15) is 25.5 Å². The smallest absolute Gasteiger partial charge is 0.0641 e. The molecule has 1 atom stereocenters. The van der Waals surface area contributed by atoms with Crippen LogP contribution >= 0.6 is 0 Å². The van der Waals surface area contributed by atoms with Crippen LogP contribution in [0.3, 0.4) is 0 Å². The number of hydrogen-bond donors (Lipinski definition) is 1. The summed E-state index contributed by atoms with van der Waals surface area (Å²) >= 11 is 0. The van der Waals surface area contributed by atoms with Crippen molar-refractivity contribution in [1.82, 2.24) is 9.88 Å². The summed E-state index contributed by atoms with van der Waals surface area (Å²) in [5, 5.41) is 3.39. The SMILES string of the molecule is CCNC(C)c1ccn(CCOC)c1. The van der Waals surface area contributed by atoms with Crippen LogP contribution in [-0.4, -0.2) is 24.8 Å². The zero-order chi connectivity index (χ0) is 10.4. The molecular formula is C11H20N2O. The van der Waals surface area contributed by atoms with Gasteiger partial charge >= 0.3 is 0 Å². The zero-order valence-electron chi connectivity index (χ0n) is 9.29. The summed E-state index contributed by atoms with van der Waals surface area (Å²) in [7, 11) is 1.73. The molecule has 0 aliphatic rings. The summed E-state index contributed by atoms with van der Waals surface area (Å²) in [6.45, 7) is 7.00. The predicted molar refractivity (Wildman–Crippen MR) is 58.4 cm³/mol. The van der Waals surface area contributed by atoms with Gasteiger partial charge < -0.3 is 14.6 Å². The van der Waals surface area contributed by atoms with E-state index in [-0.39, 0.29) is 0 Å². The molecule has 1 N–H and O–H groups in total. The Bertz CT molecular complexity index is 258. The van der Waals surface area contributed by atoms with E-state index in [1.807, 2.05) is 0 Å². The molecule has 1 heterocycles. The van der Waals surface area contributed by atoms with E-state index in [0.717, 1.165) is 19.7 Å². The van der Waals surface area contributed by atoms with Crippen LogP contribution in [0.25, 0.3) is 0 Å². The highest BCUT2D eigenvalue weighted by molar-refractivity contribution is 5.14. The molecule has 1 unspecified atom stereocenters. The van der Waals surface area contributed by atoms with Gasteiger partial charge in [-0.1, -0.05) is 6.92 Å². The van der Waals surface area contributed by atoms with Gasteiger partial charge in [0.2, 0.25) is 0 Å². The monoisotopic (exact) mass is 196 g/mol. The van der Waals surface area contributed by atoms with Crippen molar-refractivity contribution in [2.75, 3.05) is 20.3 Å². The Hall–Kier alpha value is -0.800. The van der Waals surface area contributed by atoms with Gasteiger partial charge in [0.1, 0.15) is 0 Å². The fourth-order valence-corrected chi connectivity index (χ4v) is 1.48. The molecule has 1 aromatic heterocycles. The lowest BCUT2D eigenvalue weighted by Crippen LogP contribution is -2.17. The molecule has 0 aliphatic heterocycles. The Labute approximate surface area is 86.1 Å². The van der Waals surface area contributed by atoms with E-state index >= 15 is 0 Å². The topological polar surface area (TPSA) is 26.2 Å². The first-order valence-electron chi connectivity index (χ1n) is 5.16. The molecule has 14 heavy (non-hydrogen) atoms. The number of methoxy groups -OCH3 is 1. The lowest BCUT2D eigenvalue weighted by atomic mass is 10.2. The average Bonchev–Trinajstić information content (AvgIpc) is 2.63. The fourth-order valence-electron chi connectivity index (χ4n) is 1.48. The molecule has 0 aliphatic carbocycles. The lowest BCUT2D eigenvalue weighted by molar-refractivity contribution is 0.187. The normalized spacial score (nSPS) is 13.1. The number of hydrogen-bond acceptors (Lipinski definition) is 2. The number of rotatable bonds is 6. The largest absolute Gasteiger partial charge is 0.383 e. The van der Waals surface area contributed by atoms with Gasteiger partial charge in [0.25, 0.3) is 0 Å². The Kier molecular flexibility index (Phi) is 4.70. The first kappa shape index (κ1) is 11.3. The standard InChI is InChI=1S/C11H20N2O/c1-4-12-10(2)11-5-6-13(9-11)7-8-14-3/h5-6,9-10,12H,4,7-8H2,1-3H3. The van der Waals surface area contributed by atoms with Gasteiger partial charge in [-0.3, -0.25) is 0 Å². The van der Waals surface area contributed by atoms with Crippen molar-refractivity contribution in [2.24, 2.45) is 0 Å². The van der Waals surface area contributed by atoms with Gasteiger partial charge in [0.15, 0.2) is 0 Å². The van der Waals surface area contributed by atoms with Crippen molar-refractivity contribution in [3.8, 4) is 0 Å². The Morgan fingerprint density at radius 2 is 2.36 bits per heavy atom. The second kappa shape index (κ2) is 5.83. The molecule has 1 rings (SSSR count). The maximum Gasteiger partial charge on any atom is 0.0641 e. The van der Waals surface area contributed by atoms with Gasteiger partial charge in [0, 0.05) is 32.1 Å². The summed E-state index contributed by atoms with van der Waals surface area (Å²) in [6.07, 6.45) is 4.27. The van der Waals surface area contributed by atoms with Crippen LogP contribution in [0, 0.1) is 0 Å². The molecule has 3 nitrogen and oxygen atoms in total. The molecule has 1 aromatic rings. The average molecular weight is 196 g/mol. The summed E-state index contributed by atoms with van der Waals surface area (Å²) in [5.74, 6) is 0. The highest BCUT2D eigenvalue weighted by Gasteiger charge is 2.04. The lowest BCUT2D eigenvalue weighted by Gasteiger charge is -2.09. The Balaban J connectivity index is 2.49. The highest BCUT2D eigenvalue weighted by atomic mass is 16.5. The van der Waals surface area contributed by atoms with Crippen molar-refractivity contribution in [1.29, 1.82) is 0 Å². The minimum absolute atomic E-state index is 0.434. The molecule has 0 amide bonds. The van der Waals surface area contributed by atoms with Gasteiger partial charge in [-0.2, -0.15) is 0 Å². The number of nitrogens with zero attached hydrogens (tertiary/aromatic N) is 1. The molecule has 0 radical (unpaired) electrons. The van der Waals surface area contributed by atoms with Crippen molar-refractivity contribution in [2.45, 2.75) is 26.4 Å². The predicted octanol–water partition coefficient (Wildman–Crippen LogP) is 1.80. The van der Waals surface area contributed by atoms with Crippen molar-refractivity contribution in [3.05, 3.63) is 24.0 Å². The molecule has 0 aromatic carbocycles. The van der Waals surface area contributed by atoms with E-state index in [1.54, 1.807) is 7.11 Å². The van der Waals surface area contributed by atoms with Crippen LogP contribution in [0.15, 0.2) is 18.5 Å². The first-order valence-corrected chi connectivity index (χ1v) is 5.16. The van der Waals surface area contributed by atoms with Crippen LogP contribution in [0.5, 0.6) is 0 Å². The Morgan fingerprint density at radius 3 is 3.00 bits per heavy atom. The minimum Gasteiger partial charge on any atom is -0.383 e. The molecule has 3 heteroatoms. The van der Waals surface area contributed by atoms with E-state index < -0.39 is 0 Å². The van der Waals surface area contributed by atoms with Crippen LogP contribution < -0.4 is 5.32 Å². The van der Waals surface area contributed by atoms with Gasteiger partial charge in [-0.15, -0.1) is 0 Å². The summed E-state index contributed by atoms with van der Waals surface area (Å²) < 4.78 is 7.19. The van der Waals surface area contributed by atoms with Gasteiger partial charge in [-0.05, 0) is 25.1 Å². The third kappa shape index (κ3) is 3.16. The third-order valence-electron chi connectivity index (χ3n) is 2.34. The first-order chi connectivity index (χ1) is 6.77. The highest BCUT2D eigenvalue weighted by Crippen LogP contribution is 2.12. The van der Waals surface area contributed by atoms with Crippen LogP contribution in [0.4, 0.5) is 0 Å². The molecule has 0 saturated carbocycles. The van der Waals surface area contributed by atoms with Crippen LogP contribution in [0.2, 0.25) is 0 Å². The molecule has 0 spiro atoms.